The van der Waals surface area contributed by atoms with Crippen LogP contribution in [0.3, 0.4) is 0 Å². The highest BCUT2D eigenvalue weighted by Gasteiger charge is 2.11. The van der Waals surface area contributed by atoms with Crippen LogP contribution in [-0.2, 0) is 0 Å². The van der Waals surface area contributed by atoms with Gasteiger partial charge in [0.05, 0.1) is 5.69 Å². The number of pyridine rings is 1. The van der Waals surface area contributed by atoms with E-state index in [0.717, 1.165) is 5.56 Å². The van der Waals surface area contributed by atoms with E-state index in [1.807, 2.05) is 6.07 Å². The van der Waals surface area contributed by atoms with Crippen LogP contribution in [0, 0.1) is 0 Å². The molecule has 2 heterocycles. The maximum Gasteiger partial charge on any atom is 0.258 e. The number of benzene rings is 1. The maximum atomic E-state index is 9.37. The smallest absolute Gasteiger partial charge is 0.258 e. The zero-order chi connectivity index (χ0) is 13.2. The van der Waals surface area contributed by atoms with Crippen LogP contribution in [0.15, 0.2) is 47.2 Å². The number of aromatic nitrogens is 3. The highest BCUT2D eigenvalue weighted by Crippen LogP contribution is 2.27. The van der Waals surface area contributed by atoms with Gasteiger partial charge in [0.25, 0.3) is 5.89 Å². The highest BCUT2D eigenvalue weighted by molar-refractivity contribution is 5.66. The van der Waals surface area contributed by atoms with Crippen molar-refractivity contribution in [3.05, 3.63) is 42.7 Å². The minimum Gasteiger partial charge on any atom is -0.506 e. The van der Waals surface area contributed by atoms with Gasteiger partial charge in [-0.1, -0.05) is 5.16 Å². The number of nitrogens with two attached hydrogens (primary N) is 1. The molecule has 94 valence electrons. The van der Waals surface area contributed by atoms with Gasteiger partial charge in [-0.15, -0.1) is 0 Å². The van der Waals surface area contributed by atoms with Gasteiger partial charge in [0.15, 0.2) is 0 Å². The van der Waals surface area contributed by atoms with E-state index in [0.29, 0.717) is 17.3 Å². The second-order valence-electron chi connectivity index (χ2n) is 3.94. The standard InChI is InChI=1S/C13H10N4O2/c14-10-6-8(3-4-11(10)18)13-16-12(17-19-13)9-2-1-5-15-7-9/h1-7,18H,14H2. The number of phenols is 1. The predicted molar refractivity (Wildman–Crippen MR) is 69.0 cm³/mol. The van der Waals surface area contributed by atoms with Crippen LogP contribution >= 0.6 is 0 Å². The van der Waals surface area contributed by atoms with Crippen LogP contribution in [0.4, 0.5) is 5.69 Å². The number of hydrogen-bond acceptors (Lipinski definition) is 6. The average Bonchev–Trinajstić information content (AvgIpc) is 2.93. The molecule has 0 aliphatic carbocycles. The van der Waals surface area contributed by atoms with Crippen molar-refractivity contribution in [3.8, 4) is 28.6 Å². The molecule has 6 nitrogen and oxygen atoms in total. The fourth-order valence-corrected chi connectivity index (χ4v) is 1.64. The summed E-state index contributed by atoms with van der Waals surface area (Å²) in [5.41, 5.74) is 7.31. The summed E-state index contributed by atoms with van der Waals surface area (Å²) < 4.78 is 5.17. The van der Waals surface area contributed by atoms with Crippen LogP contribution in [0.25, 0.3) is 22.8 Å². The highest BCUT2D eigenvalue weighted by atomic mass is 16.5. The Morgan fingerprint density at radius 3 is 2.79 bits per heavy atom. The monoisotopic (exact) mass is 254 g/mol. The van der Waals surface area contributed by atoms with Crippen LogP contribution in [0.1, 0.15) is 0 Å². The molecule has 0 aliphatic rings. The normalized spacial score (nSPS) is 10.5. The van der Waals surface area contributed by atoms with Crippen LogP contribution in [-0.4, -0.2) is 20.2 Å². The van der Waals surface area contributed by atoms with Crippen LogP contribution < -0.4 is 5.73 Å². The Hall–Kier alpha value is -2.89. The molecule has 1 aromatic carbocycles. The van der Waals surface area contributed by atoms with E-state index in [9.17, 15) is 5.11 Å². The van der Waals surface area contributed by atoms with Crippen molar-refractivity contribution >= 4 is 5.69 Å². The topological polar surface area (TPSA) is 98.1 Å². The maximum absolute atomic E-state index is 9.37. The molecule has 0 radical (unpaired) electrons. The van der Waals surface area contributed by atoms with Gasteiger partial charge in [0, 0.05) is 23.5 Å². The molecule has 3 aromatic rings. The molecule has 0 aliphatic heterocycles. The minimum atomic E-state index is 0.0238. The van der Waals surface area contributed by atoms with Crippen LogP contribution in [0.2, 0.25) is 0 Å². The molecular formula is C13H10N4O2. The number of hydrogen-bond donors (Lipinski definition) is 2. The molecule has 0 unspecified atom stereocenters. The number of nitrogens with zero attached hydrogens (tertiary/aromatic N) is 3. The van der Waals surface area contributed by atoms with Crippen molar-refractivity contribution in [2.45, 2.75) is 0 Å². The van der Waals surface area contributed by atoms with E-state index in [2.05, 4.69) is 15.1 Å². The van der Waals surface area contributed by atoms with Gasteiger partial charge >= 0.3 is 0 Å². The third-order valence-corrected chi connectivity index (χ3v) is 2.62. The summed E-state index contributed by atoms with van der Waals surface area (Å²) in [5, 5.41) is 13.3. The Morgan fingerprint density at radius 2 is 2.05 bits per heavy atom. The number of rotatable bonds is 2. The molecule has 6 heteroatoms. The molecule has 3 N–H and O–H groups in total. The summed E-state index contributed by atoms with van der Waals surface area (Å²) >= 11 is 0. The van der Waals surface area contributed by atoms with Crippen molar-refractivity contribution in [1.29, 1.82) is 0 Å². The summed E-state index contributed by atoms with van der Waals surface area (Å²) in [6, 6.07) is 8.36. The molecule has 0 saturated carbocycles. The molecule has 0 fully saturated rings. The van der Waals surface area contributed by atoms with Gasteiger partial charge in [-0.3, -0.25) is 4.98 Å². The Bertz CT molecular complexity index is 710. The van der Waals surface area contributed by atoms with Gasteiger partial charge in [-0.05, 0) is 30.3 Å². The molecule has 0 bridgehead atoms. The molecular weight excluding hydrogens is 244 g/mol. The SMILES string of the molecule is Nc1cc(-c2nc(-c3cccnc3)no2)ccc1O. The Labute approximate surface area is 108 Å². The lowest BCUT2D eigenvalue weighted by atomic mass is 10.2. The van der Waals surface area contributed by atoms with Gasteiger partial charge in [0.2, 0.25) is 5.82 Å². The molecule has 0 atom stereocenters. The van der Waals surface area contributed by atoms with E-state index < -0.39 is 0 Å². The number of phenolic OH excluding ortho intramolecular Hbond substituents is 1. The van der Waals surface area contributed by atoms with E-state index >= 15 is 0 Å². The predicted octanol–water partition coefficient (Wildman–Crippen LogP) is 2.09. The fraction of sp³-hybridized carbons (Fsp3) is 0. The molecule has 0 spiro atoms. The first-order valence-corrected chi connectivity index (χ1v) is 5.57. The molecule has 2 aromatic heterocycles. The van der Waals surface area contributed by atoms with E-state index in [-0.39, 0.29) is 11.4 Å². The van der Waals surface area contributed by atoms with Gasteiger partial charge < -0.3 is 15.4 Å². The Morgan fingerprint density at radius 1 is 1.16 bits per heavy atom. The number of nitrogen functional groups attached to an aromatic ring is 1. The van der Waals surface area contributed by atoms with E-state index in [1.54, 1.807) is 30.6 Å². The quantitative estimate of drug-likeness (QED) is 0.536. The molecule has 19 heavy (non-hydrogen) atoms. The minimum absolute atomic E-state index is 0.0238. The zero-order valence-electron chi connectivity index (χ0n) is 9.82. The summed E-state index contributed by atoms with van der Waals surface area (Å²) in [7, 11) is 0. The van der Waals surface area contributed by atoms with Gasteiger partial charge in [-0.2, -0.15) is 4.98 Å². The molecule has 3 rings (SSSR count). The van der Waals surface area contributed by atoms with Crippen molar-refractivity contribution in [1.82, 2.24) is 15.1 Å². The number of anilines is 1. The first-order chi connectivity index (χ1) is 9.24. The van der Waals surface area contributed by atoms with E-state index in [1.165, 1.54) is 6.07 Å². The lowest BCUT2D eigenvalue weighted by Gasteiger charge is -1.99. The van der Waals surface area contributed by atoms with Crippen molar-refractivity contribution < 1.29 is 9.63 Å². The average molecular weight is 254 g/mol. The largest absolute Gasteiger partial charge is 0.506 e. The third kappa shape index (κ3) is 2.11. The first-order valence-electron chi connectivity index (χ1n) is 5.57. The number of aromatic hydroxyl groups is 1. The lowest BCUT2D eigenvalue weighted by Crippen LogP contribution is -1.87. The zero-order valence-corrected chi connectivity index (χ0v) is 9.82. The van der Waals surface area contributed by atoms with E-state index in [4.69, 9.17) is 10.3 Å². The Kier molecular flexibility index (Phi) is 2.60. The molecule has 0 saturated heterocycles. The van der Waals surface area contributed by atoms with Gasteiger partial charge in [-0.25, -0.2) is 0 Å². The summed E-state index contributed by atoms with van der Waals surface area (Å²) in [6.45, 7) is 0. The summed E-state index contributed by atoms with van der Waals surface area (Å²) in [4.78, 5) is 8.26. The summed E-state index contributed by atoms with van der Waals surface area (Å²) in [6.07, 6.45) is 3.32. The second-order valence-corrected chi connectivity index (χ2v) is 3.94. The van der Waals surface area contributed by atoms with Crippen LogP contribution in [0.5, 0.6) is 5.75 Å². The second kappa shape index (κ2) is 4.41. The summed E-state index contributed by atoms with van der Waals surface area (Å²) in [5.74, 6) is 0.816. The van der Waals surface area contributed by atoms with Crippen molar-refractivity contribution in [2.75, 3.05) is 5.73 Å². The van der Waals surface area contributed by atoms with Crippen molar-refractivity contribution in [3.63, 3.8) is 0 Å². The Balaban J connectivity index is 1.99. The first kappa shape index (κ1) is 11.2. The molecule has 0 amide bonds. The van der Waals surface area contributed by atoms with Gasteiger partial charge in [0.1, 0.15) is 5.75 Å². The van der Waals surface area contributed by atoms with Crippen molar-refractivity contribution in [2.24, 2.45) is 0 Å². The fourth-order valence-electron chi connectivity index (χ4n) is 1.64. The third-order valence-electron chi connectivity index (χ3n) is 2.62. The lowest BCUT2D eigenvalue weighted by molar-refractivity contribution is 0.432.